The van der Waals surface area contributed by atoms with Crippen molar-refractivity contribution >= 4 is 27.7 Å². The van der Waals surface area contributed by atoms with Crippen LogP contribution in [0.3, 0.4) is 0 Å². The number of carbonyl (C=O) groups excluding carboxylic acids is 1. The van der Waals surface area contributed by atoms with Gasteiger partial charge in [0, 0.05) is 29.3 Å². The Morgan fingerprint density at radius 1 is 1.23 bits per heavy atom. The number of anilines is 1. The van der Waals surface area contributed by atoms with Crippen LogP contribution in [0, 0.1) is 5.82 Å². The first kappa shape index (κ1) is 23.3. The Bertz CT molecular complexity index is 1060. The maximum absolute atomic E-state index is 14.0. The fourth-order valence-corrected chi connectivity index (χ4v) is 3.09. The smallest absolute Gasteiger partial charge is 0.244 e. The zero-order valence-corrected chi connectivity index (χ0v) is 18.4. The third-order valence-electron chi connectivity index (χ3n) is 4.06. The van der Waals surface area contributed by atoms with E-state index in [9.17, 15) is 17.6 Å². The van der Waals surface area contributed by atoms with Crippen molar-refractivity contribution in [1.82, 2.24) is 10.3 Å². The highest BCUT2D eigenvalue weighted by Gasteiger charge is 2.17. The van der Waals surface area contributed by atoms with Gasteiger partial charge in [-0.2, -0.15) is 0 Å². The monoisotopic (exact) mass is 435 g/mol. The molecule has 0 radical (unpaired) electrons. The van der Waals surface area contributed by atoms with Crippen LogP contribution in [0.25, 0.3) is 6.08 Å². The topological polar surface area (TPSA) is 97.4 Å². The standard InChI is InChI=1S/C21H26FN3O4S/c1-21(2,3)18-10-7-15(20(24-18)29-4)8-11-19(26)23-13-14-6-9-17(16(22)12-14)25-30(5,27)28/h6-12,25H,13H2,1-5H3,(H,23,26). The quantitative estimate of drug-likeness (QED) is 0.651. The van der Waals surface area contributed by atoms with Gasteiger partial charge in [-0.05, 0) is 35.9 Å². The van der Waals surface area contributed by atoms with E-state index in [1.807, 2.05) is 32.9 Å². The van der Waals surface area contributed by atoms with E-state index in [1.165, 1.54) is 25.3 Å². The number of nitrogens with zero attached hydrogens (tertiary/aromatic N) is 1. The minimum Gasteiger partial charge on any atom is -0.481 e. The van der Waals surface area contributed by atoms with Crippen molar-refractivity contribution in [2.24, 2.45) is 0 Å². The van der Waals surface area contributed by atoms with Gasteiger partial charge in [0.1, 0.15) is 5.82 Å². The first-order valence-corrected chi connectivity index (χ1v) is 11.1. The number of carbonyl (C=O) groups is 1. The zero-order chi connectivity index (χ0) is 22.5. The molecule has 0 aliphatic carbocycles. The number of methoxy groups -OCH3 is 1. The summed E-state index contributed by atoms with van der Waals surface area (Å²) in [6.07, 6.45) is 3.87. The predicted molar refractivity (Wildman–Crippen MR) is 115 cm³/mol. The first-order chi connectivity index (χ1) is 13.9. The molecule has 0 bridgehead atoms. The van der Waals surface area contributed by atoms with E-state index < -0.39 is 15.8 Å². The molecule has 2 rings (SSSR count). The van der Waals surface area contributed by atoms with Crippen LogP contribution in [0.2, 0.25) is 0 Å². The summed E-state index contributed by atoms with van der Waals surface area (Å²) in [6, 6.07) is 7.71. The number of sulfonamides is 1. The molecule has 2 N–H and O–H groups in total. The lowest BCUT2D eigenvalue weighted by molar-refractivity contribution is -0.116. The molecule has 9 heteroatoms. The Morgan fingerprint density at radius 2 is 1.93 bits per heavy atom. The van der Waals surface area contributed by atoms with E-state index in [-0.39, 0.29) is 23.6 Å². The summed E-state index contributed by atoms with van der Waals surface area (Å²) in [5.41, 5.74) is 1.74. The molecule has 0 saturated heterocycles. The SMILES string of the molecule is COc1nc(C(C)(C)C)ccc1C=CC(=O)NCc1ccc(NS(C)(=O)=O)c(F)c1. The molecule has 1 heterocycles. The van der Waals surface area contributed by atoms with Crippen LogP contribution < -0.4 is 14.8 Å². The van der Waals surface area contributed by atoms with E-state index in [4.69, 9.17) is 4.74 Å². The van der Waals surface area contributed by atoms with Gasteiger partial charge in [-0.1, -0.05) is 26.8 Å². The average molecular weight is 436 g/mol. The van der Waals surface area contributed by atoms with Crippen molar-refractivity contribution in [1.29, 1.82) is 0 Å². The molecule has 30 heavy (non-hydrogen) atoms. The summed E-state index contributed by atoms with van der Waals surface area (Å²) in [6.45, 7) is 6.22. The van der Waals surface area contributed by atoms with Gasteiger partial charge in [-0.15, -0.1) is 0 Å². The molecule has 0 atom stereocenters. The summed E-state index contributed by atoms with van der Waals surface area (Å²) in [5, 5.41) is 2.64. The van der Waals surface area contributed by atoms with Crippen LogP contribution in [0.1, 0.15) is 37.6 Å². The number of hydrogen-bond donors (Lipinski definition) is 2. The normalized spacial score (nSPS) is 12.1. The number of ether oxygens (including phenoxy) is 1. The van der Waals surface area contributed by atoms with E-state index in [0.29, 0.717) is 17.0 Å². The summed E-state index contributed by atoms with van der Waals surface area (Å²) >= 11 is 0. The van der Waals surface area contributed by atoms with Gasteiger partial charge in [0.05, 0.1) is 19.1 Å². The van der Waals surface area contributed by atoms with Gasteiger partial charge in [0.25, 0.3) is 0 Å². The molecule has 0 saturated carbocycles. The Kier molecular flexibility index (Phi) is 7.20. The molecule has 0 aliphatic rings. The average Bonchev–Trinajstić information content (AvgIpc) is 2.64. The second-order valence-electron chi connectivity index (χ2n) is 7.78. The van der Waals surface area contributed by atoms with Gasteiger partial charge >= 0.3 is 0 Å². The Hall–Kier alpha value is -2.94. The Balaban J connectivity index is 2.03. The van der Waals surface area contributed by atoms with Crippen LogP contribution in [0.4, 0.5) is 10.1 Å². The van der Waals surface area contributed by atoms with E-state index in [2.05, 4.69) is 15.0 Å². The number of nitrogens with one attached hydrogen (secondary N) is 2. The van der Waals surface area contributed by atoms with Crippen molar-refractivity contribution in [3.63, 3.8) is 0 Å². The highest BCUT2D eigenvalue weighted by Crippen LogP contribution is 2.25. The highest BCUT2D eigenvalue weighted by molar-refractivity contribution is 7.92. The Morgan fingerprint density at radius 3 is 2.50 bits per heavy atom. The molecule has 0 aliphatic heterocycles. The number of pyridine rings is 1. The van der Waals surface area contributed by atoms with Gasteiger partial charge in [-0.25, -0.2) is 17.8 Å². The van der Waals surface area contributed by atoms with Crippen LogP contribution in [-0.4, -0.2) is 32.7 Å². The van der Waals surface area contributed by atoms with Gasteiger partial charge in [0.15, 0.2) is 0 Å². The maximum atomic E-state index is 14.0. The molecular formula is C21H26FN3O4S. The largest absolute Gasteiger partial charge is 0.481 e. The Labute approximate surface area is 176 Å². The fraction of sp³-hybridized carbons (Fsp3) is 0.333. The van der Waals surface area contributed by atoms with Crippen molar-refractivity contribution in [2.75, 3.05) is 18.1 Å². The number of benzene rings is 1. The van der Waals surface area contributed by atoms with Gasteiger partial charge < -0.3 is 10.1 Å². The van der Waals surface area contributed by atoms with Crippen molar-refractivity contribution < 1.29 is 22.3 Å². The number of rotatable bonds is 7. The van der Waals surface area contributed by atoms with Crippen LogP contribution in [0.5, 0.6) is 5.88 Å². The third kappa shape index (κ3) is 6.84. The number of hydrogen-bond acceptors (Lipinski definition) is 5. The minimum atomic E-state index is -3.57. The van der Waals surface area contributed by atoms with Crippen LogP contribution in [0.15, 0.2) is 36.4 Å². The van der Waals surface area contributed by atoms with E-state index in [1.54, 1.807) is 6.08 Å². The number of halogens is 1. The van der Waals surface area contributed by atoms with Crippen molar-refractivity contribution in [3.8, 4) is 5.88 Å². The molecule has 2 aromatic rings. The molecule has 0 fully saturated rings. The molecule has 1 amide bonds. The van der Waals surface area contributed by atoms with Gasteiger partial charge in [0.2, 0.25) is 21.8 Å². The van der Waals surface area contributed by atoms with Crippen molar-refractivity contribution in [3.05, 3.63) is 59.0 Å². The minimum absolute atomic E-state index is 0.0809. The van der Waals surface area contributed by atoms with E-state index in [0.717, 1.165) is 18.0 Å². The third-order valence-corrected chi connectivity index (χ3v) is 4.65. The van der Waals surface area contributed by atoms with Crippen LogP contribution in [-0.2, 0) is 26.8 Å². The fourth-order valence-electron chi connectivity index (χ4n) is 2.52. The summed E-state index contributed by atoms with van der Waals surface area (Å²) in [4.78, 5) is 16.6. The molecule has 1 aromatic heterocycles. The lowest BCUT2D eigenvalue weighted by Crippen LogP contribution is -2.20. The molecule has 162 valence electrons. The molecule has 7 nitrogen and oxygen atoms in total. The van der Waals surface area contributed by atoms with Crippen molar-refractivity contribution in [2.45, 2.75) is 32.7 Å². The van der Waals surface area contributed by atoms with E-state index >= 15 is 0 Å². The summed E-state index contributed by atoms with van der Waals surface area (Å²) < 4.78 is 43.8. The molecule has 0 unspecified atom stereocenters. The zero-order valence-electron chi connectivity index (χ0n) is 17.6. The number of amides is 1. The summed E-state index contributed by atoms with van der Waals surface area (Å²) in [7, 11) is -2.06. The summed E-state index contributed by atoms with van der Waals surface area (Å²) in [5.74, 6) is -0.685. The maximum Gasteiger partial charge on any atom is 0.244 e. The number of aromatic nitrogens is 1. The predicted octanol–water partition coefficient (Wildman–Crippen LogP) is 3.23. The highest BCUT2D eigenvalue weighted by atomic mass is 32.2. The molecule has 0 spiro atoms. The molecule has 1 aromatic carbocycles. The van der Waals surface area contributed by atoms with Gasteiger partial charge in [-0.3, -0.25) is 9.52 Å². The molecular weight excluding hydrogens is 409 g/mol. The second kappa shape index (κ2) is 9.25. The lowest BCUT2D eigenvalue weighted by Gasteiger charge is -2.18. The van der Waals surface area contributed by atoms with Crippen LogP contribution >= 0.6 is 0 Å². The second-order valence-corrected chi connectivity index (χ2v) is 9.53. The first-order valence-electron chi connectivity index (χ1n) is 9.16. The lowest BCUT2D eigenvalue weighted by atomic mass is 9.91.